The Balaban J connectivity index is -0.000000101. The van der Waals surface area contributed by atoms with Crippen molar-refractivity contribution in [1.29, 1.82) is 5.41 Å². The third kappa shape index (κ3) is 75.5. The summed E-state index contributed by atoms with van der Waals surface area (Å²) in [5.74, 6) is -0.333. The van der Waals surface area contributed by atoms with E-state index in [0.29, 0.717) is 0 Å². The average molecular weight is 183 g/mol. The quantitative estimate of drug-likeness (QED) is 0.189. The molecule has 0 aromatic rings. The lowest BCUT2D eigenvalue weighted by Gasteiger charge is -1.69. The van der Waals surface area contributed by atoms with Crippen molar-refractivity contribution in [1.82, 2.24) is 0 Å². The van der Waals surface area contributed by atoms with Crippen LogP contribution in [0.5, 0.6) is 0 Å². The Morgan fingerprint density at radius 2 is 0.917 bits per heavy atom. The van der Waals surface area contributed by atoms with Crippen LogP contribution >= 0.6 is 0 Å². The molecule has 0 aromatic carbocycles. The molecular weight excluding hydrogens is 174 g/mol. The maximum Gasteiger partial charge on any atom is 0.503 e. The minimum absolute atomic E-state index is 0.333. The molecule has 0 aliphatic carbocycles. The summed E-state index contributed by atoms with van der Waals surface area (Å²) in [6.07, 6.45) is -3.67. The van der Waals surface area contributed by atoms with Gasteiger partial charge in [-0.05, 0) is 0 Å². The first-order chi connectivity index (χ1) is 5.20. The molecule has 0 rings (SSSR count). The Morgan fingerprint density at radius 3 is 0.917 bits per heavy atom. The van der Waals surface area contributed by atoms with Crippen molar-refractivity contribution in [2.45, 2.75) is 0 Å². The van der Waals surface area contributed by atoms with Crippen LogP contribution in [0.1, 0.15) is 0 Å². The highest BCUT2D eigenvalue weighted by Crippen LogP contribution is 1.43. The lowest BCUT2D eigenvalue weighted by atomic mass is 11.1. The fraction of sp³-hybridized carbons (Fsp3) is 0. The lowest BCUT2D eigenvalue weighted by molar-refractivity contribution is 0.135. The first-order valence-corrected chi connectivity index (χ1v) is 2.13. The molecule has 0 unspecified atom stereocenters. The summed E-state index contributed by atoms with van der Waals surface area (Å²) in [5.41, 5.74) is 8.94. The molecule has 0 aliphatic heterocycles. The van der Waals surface area contributed by atoms with Crippen LogP contribution in [0.3, 0.4) is 0 Å². The normalized spacial score (nSPS) is 6.00. The van der Waals surface area contributed by atoms with Crippen molar-refractivity contribution in [3.8, 4) is 0 Å². The molecule has 0 bridgehead atoms. The molecule has 0 spiro atoms. The van der Waals surface area contributed by atoms with Crippen LogP contribution in [-0.2, 0) is 0 Å². The predicted molar refractivity (Wildman–Crippen MR) is 37.4 cm³/mol. The van der Waals surface area contributed by atoms with Gasteiger partial charge in [0.15, 0.2) is 5.96 Å². The zero-order valence-electron chi connectivity index (χ0n) is 5.76. The maximum absolute atomic E-state index is 8.56. The summed E-state index contributed by atoms with van der Waals surface area (Å²) in [6, 6.07) is 0. The molecule has 0 aliphatic rings. The summed E-state index contributed by atoms with van der Waals surface area (Å²) in [7, 11) is 0. The Hall–Kier alpha value is -2.19. The largest absolute Gasteiger partial charge is 0.503 e. The van der Waals surface area contributed by atoms with E-state index in [1.165, 1.54) is 0 Å². The maximum atomic E-state index is 8.56. The third-order valence-electron chi connectivity index (χ3n) is 0. The molecule has 0 saturated heterocycles. The van der Waals surface area contributed by atoms with Crippen molar-refractivity contribution >= 4 is 18.3 Å². The Morgan fingerprint density at radius 1 is 0.917 bits per heavy atom. The SMILES string of the molecule is N=C(N)N.O=C(O)O.O=C(O)O. The van der Waals surface area contributed by atoms with E-state index in [1.54, 1.807) is 0 Å². The number of guanidine groups is 1. The van der Waals surface area contributed by atoms with Gasteiger partial charge in [0.05, 0.1) is 0 Å². The molecule has 0 fully saturated rings. The van der Waals surface area contributed by atoms with Crippen LogP contribution in [0.4, 0.5) is 9.59 Å². The fourth-order valence-electron chi connectivity index (χ4n) is 0. The molecule has 0 saturated carbocycles. The number of carboxylic acid groups (broad SMARTS) is 4. The monoisotopic (exact) mass is 183 g/mol. The molecular formula is C3H9N3O6. The van der Waals surface area contributed by atoms with Crippen molar-refractivity contribution in [3.05, 3.63) is 0 Å². The molecule has 0 heterocycles. The molecule has 9 N–H and O–H groups in total. The van der Waals surface area contributed by atoms with Gasteiger partial charge in [0.2, 0.25) is 0 Å². The number of carbonyl (C=O) groups is 2. The molecule has 12 heavy (non-hydrogen) atoms. The Labute approximate surface area is 66.3 Å². The second-order valence-electron chi connectivity index (χ2n) is 1.02. The standard InChI is InChI=1S/CH5N3.2CH2O3/c3*2-1(3)4/h(H5,2,3,4);2*(H2,2,3,4). The highest BCUT2D eigenvalue weighted by Gasteiger charge is 1.70. The van der Waals surface area contributed by atoms with E-state index < -0.39 is 12.3 Å². The van der Waals surface area contributed by atoms with Crippen LogP contribution in [0.15, 0.2) is 0 Å². The summed E-state index contributed by atoms with van der Waals surface area (Å²) in [5, 5.41) is 33.9. The molecule has 0 amide bonds. The van der Waals surface area contributed by atoms with Crippen LogP contribution in [0, 0.1) is 5.41 Å². The lowest BCUT2D eigenvalue weighted by Crippen LogP contribution is -2.20. The smallest absolute Gasteiger partial charge is 0.450 e. The second kappa shape index (κ2) is 11.6. The van der Waals surface area contributed by atoms with Gasteiger partial charge in [-0.1, -0.05) is 0 Å². The van der Waals surface area contributed by atoms with E-state index in [4.69, 9.17) is 35.4 Å². The second-order valence-corrected chi connectivity index (χ2v) is 1.02. The number of hydrogen-bond acceptors (Lipinski definition) is 3. The van der Waals surface area contributed by atoms with Crippen molar-refractivity contribution in [2.75, 3.05) is 0 Å². The van der Waals surface area contributed by atoms with Crippen LogP contribution in [0.2, 0.25) is 0 Å². The molecule has 9 nitrogen and oxygen atoms in total. The number of rotatable bonds is 0. The van der Waals surface area contributed by atoms with Gasteiger partial charge in [-0.3, -0.25) is 5.41 Å². The van der Waals surface area contributed by atoms with Crippen LogP contribution < -0.4 is 11.5 Å². The predicted octanol–water partition coefficient (Wildman–Crippen LogP) is -0.717. The highest BCUT2D eigenvalue weighted by molar-refractivity contribution is 5.71. The molecule has 0 aromatic heterocycles. The minimum atomic E-state index is -1.83. The molecule has 0 atom stereocenters. The summed E-state index contributed by atoms with van der Waals surface area (Å²) in [4.78, 5) is 17.1. The van der Waals surface area contributed by atoms with E-state index in [9.17, 15) is 0 Å². The summed E-state index contributed by atoms with van der Waals surface area (Å²) < 4.78 is 0. The van der Waals surface area contributed by atoms with E-state index in [1.807, 2.05) is 0 Å². The van der Waals surface area contributed by atoms with Gasteiger partial charge in [0.25, 0.3) is 0 Å². The van der Waals surface area contributed by atoms with Gasteiger partial charge in [-0.25, -0.2) is 9.59 Å². The third-order valence-corrected chi connectivity index (χ3v) is 0. The van der Waals surface area contributed by atoms with Gasteiger partial charge >= 0.3 is 12.3 Å². The van der Waals surface area contributed by atoms with Gasteiger partial charge in [0, 0.05) is 0 Å². The van der Waals surface area contributed by atoms with E-state index >= 15 is 0 Å². The van der Waals surface area contributed by atoms with Crippen LogP contribution in [0.25, 0.3) is 0 Å². The average Bonchev–Trinajstić information content (AvgIpc) is 1.54. The summed E-state index contributed by atoms with van der Waals surface area (Å²) >= 11 is 0. The summed E-state index contributed by atoms with van der Waals surface area (Å²) in [6.45, 7) is 0. The molecule has 0 radical (unpaired) electrons. The van der Waals surface area contributed by atoms with E-state index in [-0.39, 0.29) is 5.96 Å². The first kappa shape index (κ1) is 16.4. The number of nitrogens with two attached hydrogens (primary N) is 2. The van der Waals surface area contributed by atoms with Crippen molar-refractivity contribution < 1.29 is 30.0 Å². The van der Waals surface area contributed by atoms with Gasteiger partial charge in [0.1, 0.15) is 0 Å². The van der Waals surface area contributed by atoms with Crippen molar-refractivity contribution in [2.24, 2.45) is 11.5 Å². The zero-order valence-corrected chi connectivity index (χ0v) is 5.76. The van der Waals surface area contributed by atoms with Crippen LogP contribution in [-0.4, -0.2) is 38.7 Å². The van der Waals surface area contributed by atoms with Gasteiger partial charge in [-0.15, -0.1) is 0 Å². The van der Waals surface area contributed by atoms with E-state index in [2.05, 4.69) is 11.5 Å². The van der Waals surface area contributed by atoms with Gasteiger partial charge < -0.3 is 31.9 Å². The van der Waals surface area contributed by atoms with Crippen molar-refractivity contribution in [3.63, 3.8) is 0 Å². The molecule has 72 valence electrons. The minimum Gasteiger partial charge on any atom is -0.450 e. The topological polar surface area (TPSA) is 191 Å². The Kier molecular flexibility index (Phi) is 15.9. The van der Waals surface area contributed by atoms with E-state index in [0.717, 1.165) is 0 Å². The number of hydrogen-bond donors (Lipinski definition) is 7. The fourth-order valence-corrected chi connectivity index (χ4v) is 0. The Bertz CT molecular complexity index is 116. The first-order valence-electron chi connectivity index (χ1n) is 2.13. The van der Waals surface area contributed by atoms with Gasteiger partial charge in [-0.2, -0.15) is 0 Å². The number of nitrogens with one attached hydrogen (secondary N) is 1. The highest BCUT2D eigenvalue weighted by atomic mass is 16.6. The molecule has 9 heteroatoms. The zero-order chi connectivity index (χ0) is 10.7.